The first-order valence-corrected chi connectivity index (χ1v) is 6.98. The molecule has 0 aliphatic rings. The predicted molar refractivity (Wildman–Crippen MR) is 80.4 cm³/mol. The lowest BCUT2D eigenvalue weighted by Gasteiger charge is -2.08. The van der Waals surface area contributed by atoms with Crippen LogP contribution in [0.5, 0.6) is 0 Å². The quantitative estimate of drug-likeness (QED) is 0.694. The van der Waals surface area contributed by atoms with E-state index in [1.54, 1.807) is 0 Å². The number of aromatic amines is 1. The zero-order valence-corrected chi connectivity index (χ0v) is 12.6. The Labute approximate surface area is 130 Å². The van der Waals surface area contributed by atoms with Gasteiger partial charge in [0.15, 0.2) is 0 Å². The molecular weight excluding hydrogens is 366 g/mol. The number of H-pyrrole nitrogens is 1. The topological polar surface area (TPSA) is 45.8 Å². The van der Waals surface area contributed by atoms with E-state index in [0.717, 1.165) is 12.1 Å². The molecule has 2 aromatic heterocycles. The molecule has 0 fully saturated rings. The molecule has 0 radical (unpaired) electrons. The first-order valence-electron chi connectivity index (χ1n) is 5.81. The van der Waals surface area contributed by atoms with E-state index < -0.39 is 17.2 Å². The van der Waals surface area contributed by atoms with Crippen LogP contribution in [-0.2, 0) is 0 Å². The van der Waals surface area contributed by atoms with Gasteiger partial charge in [0.1, 0.15) is 11.6 Å². The van der Waals surface area contributed by atoms with Crippen molar-refractivity contribution < 1.29 is 8.78 Å². The molecule has 0 unspecified atom stereocenters. The summed E-state index contributed by atoms with van der Waals surface area (Å²) in [7, 11) is 0. The predicted octanol–water partition coefficient (Wildman–Crippen LogP) is 4.28. The zero-order valence-electron chi connectivity index (χ0n) is 10.3. The van der Waals surface area contributed by atoms with Gasteiger partial charge in [0.05, 0.1) is 31.7 Å². The highest BCUT2D eigenvalue weighted by Crippen LogP contribution is 2.31. The van der Waals surface area contributed by atoms with Crippen LogP contribution in [0.4, 0.5) is 8.78 Å². The van der Waals surface area contributed by atoms with Crippen molar-refractivity contribution in [2.75, 3.05) is 0 Å². The van der Waals surface area contributed by atoms with Crippen LogP contribution in [-0.4, -0.2) is 9.97 Å². The van der Waals surface area contributed by atoms with Gasteiger partial charge in [-0.05, 0) is 34.1 Å². The molecule has 3 rings (SSSR count). The molecule has 1 N–H and O–H groups in total. The molecule has 21 heavy (non-hydrogen) atoms. The van der Waals surface area contributed by atoms with Crippen molar-refractivity contribution in [3.8, 4) is 11.3 Å². The smallest absolute Gasteiger partial charge is 0.258 e. The number of rotatable bonds is 1. The summed E-state index contributed by atoms with van der Waals surface area (Å²) < 4.78 is 28.2. The Morgan fingerprint density at radius 2 is 1.90 bits per heavy atom. The van der Waals surface area contributed by atoms with Crippen molar-refractivity contribution in [1.82, 2.24) is 9.97 Å². The Morgan fingerprint density at radius 3 is 2.57 bits per heavy atom. The Hall–Kier alpha value is -1.79. The molecule has 7 heteroatoms. The molecule has 0 saturated carbocycles. The normalized spacial score (nSPS) is 11.0. The molecule has 0 amide bonds. The molecule has 0 aliphatic carbocycles. The fraction of sp³-hybridized carbons (Fsp3) is 0. The molecule has 0 bridgehead atoms. The van der Waals surface area contributed by atoms with Crippen LogP contribution in [0.1, 0.15) is 0 Å². The van der Waals surface area contributed by atoms with Gasteiger partial charge in [-0.2, -0.15) is 0 Å². The summed E-state index contributed by atoms with van der Waals surface area (Å²) in [5, 5.41) is 0.228. The molecule has 0 saturated heterocycles. The first-order chi connectivity index (χ1) is 9.99. The van der Waals surface area contributed by atoms with Gasteiger partial charge in [0.2, 0.25) is 0 Å². The third-order valence-electron chi connectivity index (χ3n) is 2.97. The van der Waals surface area contributed by atoms with Gasteiger partial charge in [-0.3, -0.25) is 4.79 Å². The number of nitrogens with zero attached hydrogens (tertiary/aromatic N) is 1. The SMILES string of the molecule is O=c1[nH]cc(Br)c2nc(-c3c(F)cccc3F)cc(Cl)c12. The van der Waals surface area contributed by atoms with E-state index in [9.17, 15) is 13.6 Å². The van der Waals surface area contributed by atoms with E-state index in [-0.39, 0.29) is 27.2 Å². The summed E-state index contributed by atoms with van der Waals surface area (Å²) in [5.41, 5.74) is -0.446. The molecule has 1 aromatic carbocycles. The van der Waals surface area contributed by atoms with E-state index in [4.69, 9.17) is 11.6 Å². The highest BCUT2D eigenvalue weighted by atomic mass is 79.9. The second-order valence-electron chi connectivity index (χ2n) is 4.28. The number of halogens is 4. The number of hydrogen-bond donors (Lipinski definition) is 1. The summed E-state index contributed by atoms with van der Waals surface area (Å²) >= 11 is 9.30. The lowest BCUT2D eigenvalue weighted by molar-refractivity contribution is 0.589. The molecular formula is C14H6BrClF2N2O. The van der Waals surface area contributed by atoms with E-state index in [1.165, 1.54) is 18.3 Å². The number of nitrogens with one attached hydrogen (secondary N) is 1. The Balaban J connectivity index is 2.42. The van der Waals surface area contributed by atoms with Gasteiger partial charge in [-0.25, -0.2) is 13.8 Å². The van der Waals surface area contributed by atoms with Crippen LogP contribution in [0.25, 0.3) is 22.2 Å². The summed E-state index contributed by atoms with van der Waals surface area (Å²) in [4.78, 5) is 18.4. The molecule has 0 spiro atoms. The van der Waals surface area contributed by atoms with E-state index >= 15 is 0 Å². The van der Waals surface area contributed by atoms with Crippen molar-refractivity contribution in [1.29, 1.82) is 0 Å². The lowest BCUT2D eigenvalue weighted by Crippen LogP contribution is -2.07. The monoisotopic (exact) mass is 370 g/mol. The summed E-state index contributed by atoms with van der Waals surface area (Å²) in [5.74, 6) is -1.50. The van der Waals surface area contributed by atoms with Crippen LogP contribution in [0.3, 0.4) is 0 Å². The molecule has 2 heterocycles. The minimum Gasteiger partial charge on any atom is -0.327 e. The second-order valence-corrected chi connectivity index (χ2v) is 5.54. The Kier molecular flexibility index (Phi) is 3.51. The van der Waals surface area contributed by atoms with Crippen molar-refractivity contribution in [3.63, 3.8) is 0 Å². The fourth-order valence-electron chi connectivity index (χ4n) is 2.04. The minimum atomic E-state index is -0.751. The van der Waals surface area contributed by atoms with Gasteiger partial charge in [-0.1, -0.05) is 17.7 Å². The fourth-order valence-corrected chi connectivity index (χ4v) is 2.72. The highest BCUT2D eigenvalue weighted by Gasteiger charge is 2.17. The first kappa shape index (κ1) is 14.2. The molecule has 106 valence electrons. The maximum absolute atomic E-state index is 13.8. The standard InChI is InChI=1S/C14H6BrClF2N2O/c15-6-5-19-14(21)11-7(16)4-10(20-13(6)11)12-8(17)2-1-3-9(12)18/h1-5H,(H,19,21). The van der Waals surface area contributed by atoms with Crippen LogP contribution < -0.4 is 5.56 Å². The highest BCUT2D eigenvalue weighted by molar-refractivity contribution is 9.10. The summed E-state index contributed by atoms with van der Waals surface area (Å²) in [6.45, 7) is 0. The molecule has 0 aliphatic heterocycles. The minimum absolute atomic E-state index is 0.0226. The van der Waals surface area contributed by atoms with Gasteiger partial charge >= 0.3 is 0 Å². The third-order valence-corrected chi connectivity index (χ3v) is 3.88. The van der Waals surface area contributed by atoms with Gasteiger partial charge in [0.25, 0.3) is 5.56 Å². The zero-order chi connectivity index (χ0) is 15.1. The number of pyridine rings is 2. The van der Waals surface area contributed by atoms with E-state index in [1.807, 2.05) is 0 Å². The average molecular weight is 372 g/mol. The number of fused-ring (bicyclic) bond motifs is 1. The van der Waals surface area contributed by atoms with Crippen molar-refractivity contribution in [2.45, 2.75) is 0 Å². The summed E-state index contributed by atoms with van der Waals surface area (Å²) in [6.07, 6.45) is 1.40. The van der Waals surface area contributed by atoms with Crippen LogP contribution in [0.15, 0.2) is 39.7 Å². The van der Waals surface area contributed by atoms with Crippen LogP contribution in [0, 0.1) is 11.6 Å². The third kappa shape index (κ3) is 2.34. The number of benzene rings is 1. The van der Waals surface area contributed by atoms with E-state index in [0.29, 0.717) is 4.47 Å². The van der Waals surface area contributed by atoms with Crippen LogP contribution in [0.2, 0.25) is 5.02 Å². The Morgan fingerprint density at radius 1 is 1.24 bits per heavy atom. The maximum Gasteiger partial charge on any atom is 0.258 e. The largest absolute Gasteiger partial charge is 0.327 e. The molecule has 3 nitrogen and oxygen atoms in total. The number of hydrogen-bond acceptors (Lipinski definition) is 2. The van der Waals surface area contributed by atoms with Crippen LogP contribution >= 0.6 is 27.5 Å². The second kappa shape index (κ2) is 5.20. The molecule has 3 aromatic rings. The Bertz CT molecular complexity index is 906. The maximum atomic E-state index is 13.8. The van der Waals surface area contributed by atoms with Crippen molar-refractivity contribution in [2.24, 2.45) is 0 Å². The van der Waals surface area contributed by atoms with Gasteiger partial charge < -0.3 is 4.98 Å². The lowest BCUT2D eigenvalue weighted by atomic mass is 10.1. The summed E-state index contributed by atoms with van der Waals surface area (Å²) in [6, 6.07) is 4.79. The molecule has 0 atom stereocenters. The average Bonchev–Trinajstić information content (AvgIpc) is 2.42. The van der Waals surface area contributed by atoms with E-state index in [2.05, 4.69) is 25.9 Å². The van der Waals surface area contributed by atoms with Gasteiger partial charge in [0, 0.05) is 6.20 Å². The van der Waals surface area contributed by atoms with Crippen molar-refractivity contribution in [3.05, 3.63) is 61.9 Å². The van der Waals surface area contributed by atoms with Gasteiger partial charge in [-0.15, -0.1) is 0 Å². The van der Waals surface area contributed by atoms with Crippen molar-refractivity contribution >= 4 is 38.4 Å². The number of aromatic nitrogens is 2.